The quantitative estimate of drug-likeness (QED) is 0.578. The second kappa shape index (κ2) is 5.70. The molecule has 0 atom stereocenters. The minimum Gasteiger partial charge on any atom is -0.478 e. The average Bonchev–Trinajstić information content (AvgIpc) is 3.02. The van der Waals surface area contributed by atoms with Crippen LogP contribution in [0, 0.1) is 0 Å². The number of carboxylic acids is 1. The van der Waals surface area contributed by atoms with Gasteiger partial charge in [0, 0.05) is 11.1 Å². The molecule has 1 heterocycles. The Morgan fingerprint density at radius 3 is 2.12 bits per heavy atom. The van der Waals surface area contributed by atoms with Crippen molar-refractivity contribution in [2.24, 2.45) is 0 Å². The summed E-state index contributed by atoms with van der Waals surface area (Å²) in [6.07, 6.45) is 0. The number of hydrogen-bond acceptors (Lipinski definition) is 1. The van der Waals surface area contributed by atoms with E-state index in [2.05, 4.69) is 0 Å². The van der Waals surface area contributed by atoms with Gasteiger partial charge in [0.1, 0.15) is 0 Å². The van der Waals surface area contributed by atoms with Gasteiger partial charge in [-0.3, -0.25) is 0 Å². The Labute approximate surface area is 139 Å². The van der Waals surface area contributed by atoms with Crippen molar-refractivity contribution in [3.8, 4) is 16.9 Å². The fraction of sp³-hybridized carbons (Fsp3) is 0. The minimum atomic E-state index is -0.921. The van der Waals surface area contributed by atoms with Crippen molar-refractivity contribution >= 4 is 16.9 Å². The van der Waals surface area contributed by atoms with E-state index in [4.69, 9.17) is 0 Å². The lowest BCUT2D eigenvalue weighted by molar-refractivity contribution is 0.0698. The Balaban J connectivity index is 2.14. The van der Waals surface area contributed by atoms with E-state index >= 15 is 0 Å². The molecule has 0 aliphatic rings. The molecule has 0 fully saturated rings. The molecule has 0 radical (unpaired) electrons. The zero-order valence-electron chi connectivity index (χ0n) is 12.9. The maximum atomic E-state index is 11.7. The van der Waals surface area contributed by atoms with E-state index in [9.17, 15) is 9.90 Å². The van der Waals surface area contributed by atoms with Crippen molar-refractivity contribution in [1.82, 2.24) is 4.57 Å². The Hall–Kier alpha value is -3.33. The predicted molar refractivity (Wildman–Crippen MR) is 95.7 cm³/mol. The van der Waals surface area contributed by atoms with Crippen LogP contribution in [0.4, 0.5) is 0 Å². The maximum Gasteiger partial charge on any atom is 0.337 e. The first-order valence-electron chi connectivity index (χ1n) is 7.74. The molecule has 0 saturated heterocycles. The van der Waals surface area contributed by atoms with Crippen LogP contribution < -0.4 is 0 Å². The van der Waals surface area contributed by atoms with Gasteiger partial charge in [0.05, 0.1) is 16.8 Å². The number of aromatic nitrogens is 1. The van der Waals surface area contributed by atoms with E-state index in [1.54, 1.807) is 12.1 Å². The van der Waals surface area contributed by atoms with Crippen molar-refractivity contribution in [2.45, 2.75) is 0 Å². The molecule has 3 heteroatoms. The molecular formula is C21H15NO2. The first-order valence-corrected chi connectivity index (χ1v) is 7.74. The van der Waals surface area contributed by atoms with Crippen LogP contribution in [0.1, 0.15) is 10.4 Å². The number of nitrogens with zero attached hydrogens (tertiary/aromatic N) is 1. The summed E-state index contributed by atoms with van der Waals surface area (Å²) in [6.45, 7) is 0. The van der Waals surface area contributed by atoms with Crippen molar-refractivity contribution in [1.29, 1.82) is 0 Å². The van der Waals surface area contributed by atoms with Crippen LogP contribution in [0.5, 0.6) is 0 Å². The normalized spacial score (nSPS) is 10.8. The standard InChI is InChI=1S/C21H15NO2/c23-21(24)18-13-7-10-16-14-19(15-8-3-1-4-9-15)22(20(16)18)17-11-5-2-6-12-17/h1-14H,(H,23,24). The number of fused-ring (bicyclic) bond motifs is 1. The minimum absolute atomic E-state index is 0.304. The van der Waals surface area contributed by atoms with Crippen LogP contribution >= 0.6 is 0 Å². The summed E-state index contributed by atoms with van der Waals surface area (Å²) in [5.41, 5.74) is 3.99. The molecule has 0 aliphatic carbocycles. The Bertz CT molecular complexity index is 1020. The molecule has 0 amide bonds. The van der Waals surface area contributed by atoms with Gasteiger partial charge in [-0.2, -0.15) is 0 Å². The van der Waals surface area contributed by atoms with Crippen LogP contribution in [0.15, 0.2) is 84.9 Å². The molecule has 1 N–H and O–H groups in total. The van der Waals surface area contributed by atoms with Crippen LogP contribution in [0.25, 0.3) is 27.8 Å². The van der Waals surface area contributed by atoms with Gasteiger partial charge >= 0.3 is 5.97 Å². The lowest BCUT2D eigenvalue weighted by Crippen LogP contribution is -2.03. The van der Waals surface area contributed by atoms with Crippen LogP contribution in [0.2, 0.25) is 0 Å². The molecule has 24 heavy (non-hydrogen) atoms. The molecule has 0 bridgehead atoms. The second-order valence-electron chi connectivity index (χ2n) is 5.62. The van der Waals surface area contributed by atoms with E-state index in [0.717, 1.165) is 27.8 Å². The van der Waals surface area contributed by atoms with Gasteiger partial charge in [-0.05, 0) is 29.8 Å². The van der Waals surface area contributed by atoms with Crippen LogP contribution in [-0.2, 0) is 0 Å². The summed E-state index contributed by atoms with van der Waals surface area (Å²) in [5, 5.41) is 10.5. The van der Waals surface area contributed by atoms with Crippen molar-refractivity contribution in [2.75, 3.05) is 0 Å². The molecule has 3 nitrogen and oxygen atoms in total. The summed E-state index contributed by atoms with van der Waals surface area (Å²) < 4.78 is 2.02. The highest BCUT2D eigenvalue weighted by Gasteiger charge is 2.18. The molecule has 0 aliphatic heterocycles. The van der Waals surface area contributed by atoms with E-state index in [-0.39, 0.29) is 0 Å². The van der Waals surface area contributed by atoms with Gasteiger partial charge in [-0.1, -0.05) is 60.7 Å². The Kier molecular flexibility index (Phi) is 3.39. The van der Waals surface area contributed by atoms with Gasteiger partial charge in [0.15, 0.2) is 0 Å². The molecule has 0 spiro atoms. The number of para-hydroxylation sites is 2. The first kappa shape index (κ1) is 14.3. The Morgan fingerprint density at radius 1 is 0.792 bits per heavy atom. The topological polar surface area (TPSA) is 42.2 Å². The highest BCUT2D eigenvalue weighted by atomic mass is 16.4. The molecule has 1 aromatic heterocycles. The van der Waals surface area contributed by atoms with Gasteiger partial charge in [0.25, 0.3) is 0 Å². The molecule has 0 unspecified atom stereocenters. The predicted octanol–water partition coefficient (Wildman–Crippen LogP) is 5.00. The number of rotatable bonds is 3. The summed E-state index contributed by atoms with van der Waals surface area (Å²) in [7, 11) is 0. The van der Waals surface area contributed by atoms with Gasteiger partial charge < -0.3 is 9.67 Å². The number of carbonyl (C=O) groups is 1. The third-order valence-corrected chi connectivity index (χ3v) is 4.14. The van der Waals surface area contributed by atoms with Gasteiger partial charge in [0.2, 0.25) is 0 Å². The fourth-order valence-corrected chi connectivity index (χ4v) is 3.10. The number of hydrogen-bond donors (Lipinski definition) is 1. The summed E-state index contributed by atoms with van der Waals surface area (Å²) in [6, 6.07) is 27.3. The fourth-order valence-electron chi connectivity index (χ4n) is 3.10. The average molecular weight is 313 g/mol. The monoisotopic (exact) mass is 313 g/mol. The SMILES string of the molecule is O=C(O)c1cccc2cc(-c3ccccc3)n(-c3ccccc3)c12. The number of benzene rings is 3. The third kappa shape index (κ3) is 2.27. The highest BCUT2D eigenvalue weighted by molar-refractivity contribution is 6.04. The van der Waals surface area contributed by atoms with Crippen LogP contribution in [-0.4, -0.2) is 15.6 Å². The summed E-state index contributed by atoms with van der Waals surface area (Å²) in [5.74, 6) is -0.921. The van der Waals surface area contributed by atoms with Crippen LogP contribution in [0.3, 0.4) is 0 Å². The highest BCUT2D eigenvalue weighted by Crippen LogP contribution is 2.33. The second-order valence-corrected chi connectivity index (χ2v) is 5.62. The van der Waals surface area contributed by atoms with Crippen molar-refractivity contribution in [3.63, 3.8) is 0 Å². The number of carboxylic acid groups (broad SMARTS) is 1. The molecular weight excluding hydrogens is 298 g/mol. The largest absolute Gasteiger partial charge is 0.478 e. The third-order valence-electron chi connectivity index (χ3n) is 4.14. The molecule has 3 aromatic carbocycles. The molecule has 4 aromatic rings. The smallest absolute Gasteiger partial charge is 0.337 e. The maximum absolute atomic E-state index is 11.7. The zero-order valence-corrected chi connectivity index (χ0v) is 12.9. The molecule has 0 saturated carbocycles. The Morgan fingerprint density at radius 2 is 1.46 bits per heavy atom. The van der Waals surface area contributed by atoms with E-state index in [1.165, 1.54) is 0 Å². The first-order chi connectivity index (χ1) is 11.8. The lowest BCUT2D eigenvalue weighted by Gasteiger charge is -2.12. The van der Waals surface area contributed by atoms with E-state index in [0.29, 0.717) is 5.56 Å². The summed E-state index contributed by atoms with van der Waals surface area (Å²) >= 11 is 0. The van der Waals surface area contributed by atoms with Crippen molar-refractivity contribution < 1.29 is 9.90 Å². The molecule has 116 valence electrons. The lowest BCUT2D eigenvalue weighted by atomic mass is 10.1. The molecule has 4 rings (SSSR count). The van der Waals surface area contributed by atoms with Crippen molar-refractivity contribution in [3.05, 3.63) is 90.5 Å². The van der Waals surface area contributed by atoms with E-state index in [1.807, 2.05) is 77.4 Å². The summed E-state index contributed by atoms with van der Waals surface area (Å²) in [4.78, 5) is 11.7. The van der Waals surface area contributed by atoms with Gasteiger partial charge in [-0.15, -0.1) is 0 Å². The van der Waals surface area contributed by atoms with E-state index < -0.39 is 5.97 Å². The zero-order chi connectivity index (χ0) is 16.5. The van der Waals surface area contributed by atoms with Gasteiger partial charge in [-0.25, -0.2) is 4.79 Å². The number of aromatic carboxylic acids is 1.